The molecule has 1 atom stereocenters. The van der Waals surface area contributed by atoms with Crippen molar-refractivity contribution in [1.29, 1.82) is 0 Å². The van der Waals surface area contributed by atoms with Crippen LogP contribution in [0.25, 0.3) is 22.4 Å². The first-order valence-electron chi connectivity index (χ1n) is 16.5. The van der Waals surface area contributed by atoms with E-state index in [1.165, 1.54) is 6.07 Å². The van der Waals surface area contributed by atoms with Crippen molar-refractivity contribution in [3.63, 3.8) is 0 Å². The first-order chi connectivity index (χ1) is 24.4. The van der Waals surface area contributed by atoms with Crippen molar-refractivity contribution in [3.05, 3.63) is 87.9 Å². The Kier molecular flexibility index (Phi) is 12.4. The lowest BCUT2D eigenvalue weighted by molar-refractivity contribution is -0.119. The van der Waals surface area contributed by atoms with Gasteiger partial charge in [0.2, 0.25) is 5.91 Å². The molecule has 1 aliphatic rings. The number of halogens is 3. The van der Waals surface area contributed by atoms with Crippen molar-refractivity contribution >= 4 is 46.7 Å². The molecule has 0 aliphatic carbocycles. The number of benzene rings is 2. The number of pyridine rings is 2. The Morgan fingerprint density at radius 3 is 2.61 bits per heavy atom. The standard InChI is InChI=1S/C37H41Cl2FN6O5/c1-37(2,3)51-36(49)46(21-25-11-13-31(48)43-25)20-23-9-8-22(18-30(23)50-4)34-33(39)27(14-15-42-34)26-6-5-7-29(32(26)38)45-35-28(40)12-10-24(44-35)19-41-16-17-47/h5-10,12,14-15,18,25,41,47H,11,13,16-17,19-21H2,1-4H3,(H,43,48)(H,44,45)/t25-/m0/s1. The summed E-state index contributed by atoms with van der Waals surface area (Å²) >= 11 is 13.9. The van der Waals surface area contributed by atoms with Crippen molar-refractivity contribution in [2.24, 2.45) is 0 Å². The Balaban J connectivity index is 1.41. The normalized spacial score (nSPS) is 14.3. The van der Waals surface area contributed by atoms with E-state index < -0.39 is 17.5 Å². The Morgan fingerprint density at radius 1 is 1.12 bits per heavy atom. The number of aliphatic hydroxyl groups excluding tert-OH is 1. The molecule has 1 aliphatic heterocycles. The van der Waals surface area contributed by atoms with Crippen LogP contribution in [-0.4, -0.2) is 70.4 Å². The predicted molar refractivity (Wildman–Crippen MR) is 196 cm³/mol. The molecular weight excluding hydrogens is 698 g/mol. The van der Waals surface area contributed by atoms with Gasteiger partial charge in [0, 0.05) is 60.5 Å². The van der Waals surface area contributed by atoms with Crippen molar-refractivity contribution in [3.8, 4) is 28.1 Å². The SMILES string of the molecule is COc1cc(-c2nccc(-c3cccc(Nc4nc(CNCCO)ccc4F)c3Cl)c2Cl)ccc1CN(C[C@@H]1CCC(=O)N1)C(=O)OC(C)(C)C. The zero-order valence-electron chi connectivity index (χ0n) is 28.9. The van der Waals surface area contributed by atoms with Gasteiger partial charge < -0.3 is 35.4 Å². The fraction of sp³-hybridized carbons (Fsp3) is 0.351. The number of aromatic nitrogens is 2. The van der Waals surface area contributed by atoms with Crippen LogP contribution in [0, 0.1) is 5.82 Å². The summed E-state index contributed by atoms with van der Waals surface area (Å²) in [5, 5.41) is 18.6. The largest absolute Gasteiger partial charge is 0.496 e. The monoisotopic (exact) mass is 738 g/mol. The number of nitrogens with one attached hydrogen (secondary N) is 3. The van der Waals surface area contributed by atoms with Crippen LogP contribution in [0.4, 0.5) is 20.7 Å². The van der Waals surface area contributed by atoms with Gasteiger partial charge >= 0.3 is 6.09 Å². The van der Waals surface area contributed by atoms with Crippen LogP contribution in [0.5, 0.6) is 5.75 Å². The van der Waals surface area contributed by atoms with Gasteiger partial charge in [0.1, 0.15) is 11.4 Å². The van der Waals surface area contributed by atoms with E-state index >= 15 is 0 Å². The van der Waals surface area contributed by atoms with E-state index in [1.807, 2.05) is 12.1 Å². The molecule has 0 bridgehead atoms. The number of carbonyl (C=O) groups is 2. The van der Waals surface area contributed by atoms with Gasteiger partial charge in [0.15, 0.2) is 11.6 Å². The Morgan fingerprint density at radius 2 is 1.90 bits per heavy atom. The van der Waals surface area contributed by atoms with Crippen molar-refractivity contribution < 1.29 is 28.6 Å². The van der Waals surface area contributed by atoms with Crippen LogP contribution in [0.15, 0.2) is 60.8 Å². The van der Waals surface area contributed by atoms with Crippen molar-refractivity contribution in [2.75, 3.05) is 32.1 Å². The molecule has 0 radical (unpaired) electrons. The molecule has 11 nitrogen and oxygen atoms in total. The third kappa shape index (κ3) is 9.65. The van der Waals surface area contributed by atoms with Gasteiger partial charge in [-0.1, -0.05) is 47.5 Å². The molecule has 0 saturated carbocycles. The topological polar surface area (TPSA) is 138 Å². The minimum atomic E-state index is -0.704. The van der Waals surface area contributed by atoms with Crippen molar-refractivity contribution in [1.82, 2.24) is 25.5 Å². The minimum absolute atomic E-state index is 0.00396. The average Bonchev–Trinajstić information content (AvgIpc) is 3.50. The molecule has 4 N–H and O–H groups in total. The highest BCUT2D eigenvalue weighted by atomic mass is 35.5. The zero-order chi connectivity index (χ0) is 36.7. The van der Waals surface area contributed by atoms with Gasteiger partial charge in [-0.25, -0.2) is 14.2 Å². The number of hydrogen-bond acceptors (Lipinski definition) is 9. The maximum absolute atomic E-state index is 14.8. The summed E-state index contributed by atoms with van der Waals surface area (Å²) in [5.41, 5.74) is 3.36. The number of ether oxygens (including phenoxy) is 2. The molecule has 1 saturated heterocycles. The molecule has 0 spiro atoms. The summed E-state index contributed by atoms with van der Waals surface area (Å²) in [6.07, 6.45) is 2.17. The number of carbonyl (C=O) groups excluding carboxylic acids is 2. The zero-order valence-corrected chi connectivity index (χ0v) is 30.4. The lowest BCUT2D eigenvalue weighted by atomic mass is 10.0. The molecule has 270 valence electrons. The average molecular weight is 740 g/mol. The molecule has 3 heterocycles. The minimum Gasteiger partial charge on any atom is -0.496 e. The van der Waals surface area contributed by atoms with E-state index in [2.05, 4.69) is 25.9 Å². The highest BCUT2D eigenvalue weighted by Crippen LogP contribution is 2.42. The fourth-order valence-corrected chi connectivity index (χ4v) is 6.22. The Labute approximate surface area is 306 Å². The number of amides is 2. The molecule has 1 fully saturated rings. The highest BCUT2D eigenvalue weighted by Gasteiger charge is 2.29. The van der Waals surface area contributed by atoms with Crippen LogP contribution in [0.1, 0.15) is 44.9 Å². The summed E-state index contributed by atoms with van der Waals surface area (Å²) in [6.45, 7) is 6.59. The third-order valence-corrected chi connectivity index (χ3v) is 8.82. The van der Waals surface area contributed by atoms with E-state index in [4.69, 9.17) is 37.8 Å². The third-order valence-electron chi connectivity index (χ3n) is 8.03. The lowest BCUT2D eigenvalue weighted by Crippen LogP contribution is -2.43. The van der Waals surface area contributed by atoms with Gasteiger partial charge in [-0.15, -0.1) is 0 Å². The van der Waals surface area contributed by atoms with E-state index in [-0.39, 0.29) is 37.5 Å². The van der Waals surface area contributed by atoms with Crippen LogP contribution in [-0.2, 0) is 22.6 Å². The number of anilines is 2. The van der Waals surface area contributed by atoms with Gasteiger partial charge in [0.05, 0.1) is 47.4 Å². The summed E-state index contributed by atoms with van der Waals surface area (Å²) in [6, 6.07) is 15.2. The van der Waals surface area contributed by atoms with Gasteiger partial charge in [0.25, 0.3) is 0 Å². The highest BCUT2D eigenvalue weighted by molar-refractivity contribution is 6.39. The van der Waals surface area contributed by atoms with Crippen molar-refractivity contribution in [2.45, 2.75) is 58.3 Å². The quantitative estimate of drug-likeness (QED) is 0.106. The van der Waals surface area contributed by atoms with E-state index in [0.29, 0.717) is 75.5 Å². The van der Waals surface area contributed by atoms with E-state index in [1.54, 1.807) is 75.4 Å². The molecule has 2 amide bonds. The predicted octanol–water partition coefficient (Wildman–Crippen LogP) is 7.11. The first-order valence-corrected chi connectivity index (χ1v) is 17.2. The second-order valence-electron chi connectivity index (χ2n) is 13.0. The van der Waals surface area contributed by atoms with Crippen LogP contribution in [0.2, 0.25) is 10.0 Å². The molecule has 2 aromatic heterocycles. The van der Waals surface area contributed by atoms with E-state index in [0.717, 1.165) is 5.56 Å². The number of rotatable bonds is 13. The molecule has 14 heteroatoms. The molecule has 4 aromatic rings. The number of hydrogen-bond donors (Lipinski definition) is 4. The van der Waals surface area contributed by atoms with E-state index in [9.17, 15) is 14.0 Å². The Hall–Kier alpha value is -4.49. The lowest BCUT2D eigenvalue weighted by Gasteiger charge is -2.29. The van der Waals surface area contributed by atoms with Gasteiger partial charge in [-0.05, 0) is 57.5 Å². The van der Waals surface area contributed by atoms with Crippen LogP contribution < -0.4 is 20.7 Å². The number of aliphatic hydroxyl groups is 1. The maximum atomic E-state index is 14.8. The first kappa shape index (κ1) is 37.8. The summed E-state index contributed by atoms with van der Waals surface area (Å²) < 4.78 is 26.2. The Bertz CT molecular complexity index is 1890. The van der Waals surface area contributed by atoms with Gasteiger partial charge in [-0.3, -0.25) is 9.78 Å². The number of nitrogens with zero attached hydrogens (tertiary/aromatic N) is 3. The molecule has 51 heavy (non-hydrogen) atoms. The van der Waals surface area contributed by atoms with Gasteiger partial charge in [-0.2, -0.15) is 0 Å². The summed E-state index contributed by atoms with van der Waals surface area (Å²) in [5.74, 6) is -0.0817. The fourth-order valence-electron chi connectivity index (χ4n) is 5.62. The van der Waals surface area contributed by atoms with Crippen LogP contribution >= 0.6 is 23.2 Å². The molecular formula is C37H41Cl2FN6O5. The second-order valence-corrected chi connectivity index (χ2v) is 13.8. The summed E-state index contributed by atoms with van der Waals surface area (Å²) in [4.78, 5) is 35.6. The smallest absolute Gasteiger partial charge is 0.410 e. The summed E-state index contributed by atoms with van der Waals surface area (Å²) in [7, 11) is 1.54. The van der Waals surface area contributed by atoms with Crippen LogP contribution in [0.3, 0.4) is 0 Å². The maximum Gasteiger partial charge on any atom is 0.410 e. The molecule has 2 aromatic carbocycles. The molecule has 5 rings (SSSR count). The number of methoxy groups -OCH3 is 1. The molecule has 0 unspecified atom stereocenters. The second kappa shape index (κ2) is 16.7.